The van der Waals surface area contributed by atoms with Gasteiger partial charge in [-0.3, -0.25) is 25.2 Å². The summed E-state index contributed by atoms with van der Waals surface area (Å²) in [5.74, 6) is 0.253. The van der Waals surface area contributed by atoms with Crippen LogP contribution in [0.5, 0.6) is 0 Å². The predicted molar refractivity (Wildman–Crippen MR) is 78.8 cm³/mol. The first kappa shape index (κ1) is 16.1. The zero-order chi connectivity index (χ0) is 16.1. The van der Waals surface area contributed by atoms with Gasteiger partial charge in [-0.25, -0.2) is 0 Å². The van der Waals surface area contributed by atoms with E-state index in [9.17, 15) is 14.4 Å². The van der Waals surface area contributed by atoms with Crippen molar-refractivity contribution in [2.75, 3.05) is 13.1 Å². The molecule has 2 heterocycles. The van der Waals surface area contributed by atoms with E-state index < -0.39 is 11.8 Å². The van der Waals surface area contributed by atoms with Crippen molar-refractivity contribution in [2.24, 2.45) is 0 Å². The second-order valence-electron chi connectivity index (χ2n) is 5.46. The molecule has 1 aliphatic rings. The van der Waals surface area contributed by atoms with Gasteiger partial charge in [0.2, 0.25) is 5.91 Å². The van der Waals surface area contributed by atoms with Gasteiger partial charge >= 0.3 is 0 Å². The van der Waals surface area contributed by atoms with Crippen LogP contribution in [0.15, 0.2) is 10.5 Å². The summed E-state index contributed by atoms with van der Waals surface area (Å²) in [6.07, 6.45) is 3.25. The summed E-state index contributed by atoms with van der Waals surface area (Å²) in [7, 11) is 0. The van der Waals surface area contributed by atoms with E-state index >= 15 is 0 Å². The van der Waals surface area contributed by atoms with Gasteiger partial charge in [-0.2, -0.15) is 0 Å². The van der Waals surface area contributed by atoms with Crippen molar-refractivity contribution in [3.63, 3.8) is 0 Å². The lowest BCUT2D eigenvalue weighted by atomic mass is 10.2. The number of carbonyl (C=O) groups is 3. The minimum absolute atomic E-state index is 0.0136. The molecule has 3 amide bonds. The fourth-order valence-corrected chi connectivity index (χ4v) is 2.47. The van der Waals surface area contributed by atoms with Gasteiger partial charge in [0.05, 0.1) is 5.56 Å². The lowest BCUT2D eigenvalue weighted by molar-refractivity contribution is -0.135. The second-order valence-corrected chi connectivity index (χ2v) is 5.46. The van der Waals surface area contributed by atoms with Crippen LogP contribution in [-0.2, 0) is 9.59 Å². The van der Waals surface area contributed by atoms with E-state index in [1.165, 1.54) is 4.90 Å². The normalized spacial score (nSPS) is 15.4. The summed E-state index contributed by atoms with van der Waals surface area (Å²) in [5.41, 5.74) is 5.05. The lowest BCUT2D eigenvalue weighted by Gasteiger charge is -2.19. The molecule has 0 atom stereocenters. The fraction of sp³-hybridized carbons (Fsp3) is 0.533. The summed E-state index contributed by atoms with van der Waals surface area (Å²) in [6, 6.07) is 1.61. The Balaban J connectivity index is 1.83. The first-order chi connectivity index (χ1) is 10.5. The van der Waals surface area contributed by atoms with E-state index in [0.29, 0.717) is 30.0 Å². The average molecular weight is 307 g/mol. The van der Waals surface area contributed by atoms with Crippen molar-refractivity contribution < 1.29 is 18.8 Å². The minimum atomic E-state index is -0.440. The topological polar surface area (TPSA) is 91.7 Å². The Bertz CT molecular complexity index is 579. The number of hydrazine groups is 1. The molecule has 7 nitrogen and oxygen atoms in total. The van der Waals surface area contributed by atoms with Gasteiger partial charge in [0.15, 0.2) is 0 Å². The number of rotatable bonds is 3. The van der Waals surface area contributed by atoms with Crippen molar-refractivity contribution in [2.45, 2.75) is 39.5 Å². The van der Waals surface area contributed by atoms with Crippen molar-refractivity contribution in [3.05, 3.63) is 23.2 Å². The van der Waals surface area contributed by atoms with Gasteiger partial charge in [0.25, 0.3) is 11.8 Å². The minimum Gasteiger partial charge on any atom is -0.466 e. The summed E-state index contributed by atoms with van der Waals surface area (Å²) in [4.78, 5) is 37.1. The van der Waals surface area contributed by atoms with Crippen LogP contribution in [0.4, 0.5) is 0 Å². The van der Waals surface area contributed by atoms with Gasteiger partial charge in [-0.15, -0.1) is 0 Å². The highest BCUT2D eigenvalue weighted by atomic mass is 16.3. The smallest absolute Gasteiger partial charge is 0.273 e. The maximum absolute atomic E-state index is 11.9. The van der Waals surface area contributed by atoms with E-state index in [4.69, 9.17) is 4.42 Å². The van der Waals surface area contributed by atoms with Crippen molar-refractivity contribution in [1.82, 2.24) is 15.8 Å². The van der Waals surface area contributed by atoms with Gasteiger partial charge in [0, 0.05) is 13.0 Å². The first-order valence-electron chi connectivity index (χ1n) is 7.41. The Hall–Kier alpha value is -2.31. The zero-order valence-corrected chi connectivity index (χ0v) is 12.9. The molecule has 7 heteroatoms. The predicted octanol–water partition coefficient (Wildman–Crippen LogP) is 1.06. The highest BCUT2D eigenvalue weighted by Crippen LogP contribution is 2.13. The molecule has 1 aromatic rings. The Kier molecular flexibility index (Phi) is 5.19. The summed E-state index contributed by atoms with van der Waals surface area (Å²) >= 11 is 0. The van der Waals surface area contributed by atoms with Crippen LogP contribution < -0.4 is 10.9 Å². The maximum Gasteiger partial charge on any atom is 0.273 e. The quantitative estimate of drug-likeness (QED) is 0.817. The largest absolute Gasteiger partial charge is 0.466 e. The third-order valence-corrected chi connectivity index (χ3v) is 3.61. The van der Waals surface area contributed by atoms with E-state index in [1.807, 2.05) is 0 Å². The first-order valence-corrected chi connectivity index (χ1v) is 7.41. The molecule has 0 aromatic carbocycles. The van der Waals surface area contributed by atoms with Gasteiger partial charge in [0.1, 0.15) is 18.1 Å². The third kappa shape index (κ3) is 4.09. The van der Waals surface area contributed by atoms with Crippen molar-refractivity contribution >= 4 is 17.7 Å². The summed E-state index contributed by atoms with van der Waals surface area (Å²) < 4.78 is 5.27. The number of aryl methyl sites for hydroxylation is 2. The number of amides is 3. The molecule has 0 unspecified atom stereocenters. The molecule has 1 saturated heterocycles. The van der Waals surface area contributed by atoms with Crippen LogP contribution in [0.1, 0.15) is 47.6 Å². The molecule has 0 radical (unpaired) electrons. The number of hydrogen-bond acceptors (Lipinski definition) is 4. The third-order valence-electron chi connectivity index (χ3n) is 3.61. The number of nitrogens with zero attached hydrogens (tertiary/aromatic N) is 1. The Labute approximate surface area is 129 Å². The molecule has 22 heavy (non-hydrogen) atoms. The van der Waals surface area contributed by atoms with Crippen LogP contribution in [0.2, 0.25) is 0 Å². The second kappa shape index (κ2) is 7.11. The van der Waals surface area contributed by atoms with Crippen LogP contribution in [0, 0.1) is 13.8 Å². The number of likely N-dealkylation sites (tertiary alicyclic amines) is 1. The molecule has 0 aliphatic carbocycles. The molecule has 0 bridgehead atoms. The monoisotopic (exact) mass is 307 g/mol. The molecule has 120 valence electrons. The molecule has 0 saturated carbocycles. The lowest BCUT2D eigenvalue weighted by Crippen LogP contribution is -2.47. The van der Waals surface area contributed by atoms with E-state index in [1.54, 1.807) is 19.9 Å². The average Bonchev–Trinajstić information content (AvgIpc) is 2.68. The molecular weight excluding hydrogens is 286 g/mol. The Morgan fingerprint density at radius 1 is 1.23 bits per heavy atom. The van der Waals surface area contributed by atoms with Crippen LogP contribution in [-0.4, -0.2) is 35.7 Å². The highest BCUT2D eigenvalue weighted by molar-refractivity contribution is 5.96. The van der Waals surface area contributed by atoms with E-state index in [2.05, 4.69) is 10.9 Å². The standard InChI is InChI=1S/C15H21N3O4/c1-10-8-12(11(2)22-10)15(21)17-16-13(19)9-18-7-5-3-4-6-14(18)20/h8H,3-7,9H2,1-2H3,(H,16,19)(H,17,21). The molecule has 1 fully saturated rings. The van der Waals surface area contributed by atoms with E-state index in [0.717, 1.165) is 19.3 Å². The highest BCUT2D eigenvalue weighted by Gasteiger charge is 2.20. The molecule has 2 N–H and O–H groups in total. The number of hydrogen-bond donors (Lipinski definition) is 2. The van der Waals surface area contributed by atoms with Crippen molar-refractivity contribution in [3.8, 4) is 0 Å². The Morgan fingerprint density at radius 3 is 2.68 bits per heavy atom. The molecule has 0 spiro atoms. The summed E-state index contributed by atoms with van der Waals surface area (Å²) in [5, 5.41) is 0. The van der Waals surface area contributed by atoms with Crippen molar-refractivity contribution in [1.29, 1.82) is 0 Å². The van der Waals surface area contributed by atoms with E-state index in [-0.39, 0.29) is 12.5 Å². The number of nitrogens with one attached hydrogen (secondary N) is 2. The Morgan fingerprint density at radius 2 is 2.00 bits per heavy atom. The van der Waals surface area contributed by atoms with Crippen LogP contribution in [0.25, 0.3) is 0 Å². The number of carbonyl (C=O) groups excluding carboxylic acids is 3. The maximum atomic E-state index is 11.9. The van der Waals surface area contributed by atoms with Gasteiger partial charge < -0.3 is 9.32 Å². The van der Waals surface area contributed by atoms with Gasteiger partial charge in [-0.1, -0.05) is 6.42 Å². The zero-order valence-electron chi connectivity index (χ0n) is 12.9. The molecule has 2 rings (SSSR count). The fourth-order valence-electron chi connectivity index (χ4n) is 2.47. The molecule has 1 aliphatic heterocycles. The van der Waals surface area contributed by atoms with Gasteiger partial charge in [-0.05, 0) is 32.8 Å². The molecule has 1 aromatic heterocycles. The summed E-state index contributed by atoms with van der Waals surface area (Å²) in [6.45, 7) is 3.97. The SMILES string of the molecule is Cc1cc(C(=O)NNC(=O)CN2CCCCCC2=O)c(C)o1. The number of furan rings is 1. The van der Waals surface area contributed by atoms with Crippen LogP contribution >= 0.6 is 0 Å². The molecular formula is C15H21N3O4. The van der Waals surface area contributed by atoms with Crippen LogP contribution in [0.3, 0.4) is 0 Å².